The summed E-state index contributed by atoms with van der Waals surface area (Å²) in [6.45, 7) is 2.19. The number of hydrogen-bond donors (Lipinski definition) is 1. The highest BCUT2D eigenvalue weighted by atomic mass is 35.5. The maximum absolute atomic E-state index is 14.5. The van der Waals surface area contributed by atoms with Gasteiger partial charge in [-0.15, -0.1) is 0 Å². The van der Waals surface area contributed by atoms with E-state index in [1.165, 1.54) is 10.4 Å². The highest BCUT2D eigenvalue weighted by molar-refractivity contribution is 7.88. The van der Waals surface area contributed by atoms with Crippen LogP contribution in [0.1, 0.15) is 16.8 Å². The molecule has 3 aromatic rings. The van der Waals surface area contributed by atoms with Crippen LogP contribution in [0, 0.1) is 12.7 Å². The summed E-state index contributed by atoms with van der Waals surface area (Å²) >= 11 is 6.14. The van der Waals surface area contributed by atoms with Gasteiger partial charge in [0.05, 0.1) is 11.9 Å². The number of anilines is 2. The van der Waals surface area contributed by atoms with Crippen LogP contribution in [-0.2, 0) is 23.1 Å². The quantitative estimate of drug-likeness (QED) is 0.671. The Balaban J connectivity index is 1.67. The molecule has 0 unspecified atom stereocenters. The van der Waals surface area contributed by atoms with Gasteiger partial charge in [-0.25, -0.2) is 27.8 Å². The van der Waals surface area contributed by atoms with Crippen LogP contribution in [0.5, 0.6) is 0 Å². The van der Waals surface area contributed by atoms with Gasteiger partial charge in [-0.1, -0.05) is 11.6 Å². The van der Waals surface area contributed by atoms with E-state index in [-0.39, 0.29) is 29.9 Å². The van der Waals surface area contributed by atoms with E-state index in [4.69, 9.17) is 11.6 Å². The molecule has 1 aliphatic rings. The van der Waals surface area contributed by atoms with Crippen LogP contribution in [0.2, 0.25) is 5.15 Å². The predicted octanol–water partition coefficient (Wildman–Crippen LogP) is 3.14. The number of rotatable bonds is 3. The summed E-state index contributed by atoms with van der Waals surface area (Å²) in [5.41, 5.74) is 2.76. The zero-order valence-electron chi connectivity index (χ0n) is 14.5. The van der Waals surface area contributed by atoms with E-state index in [2.05, 4.69) is 20.3 Å². The summed E-state index contributed by atoms with van der Waals surface area (Å²) in [5, 5.41) is 3.81. The van der Waals surface area contributed by atoms with E-state index in [1.54, 1.807) is 18.3 Å². The molecule has 0 bridgehead atoms. The average Bonchev–Trinajstić information content (AvgIpc) is 2.99. The third kappa shape index (κ3) is 3.45. The Morgan fingerprint density at radius 3 is 2.59 bits per heavy atom. The van der Waals surface area contributed by atoms with Gasteiger partial charge in [0.15, 0.2) is 5.15 Å². The Morgan fingerprint density at radius 2 is 1.89 bits per heavy atom. The number of aryl methyl sites for hydroxylation is 1. The Kier molecular flexibility index (Phi) is 4.25. The zero-order chi connectivity index (χ0) is 19.3. The molecule has 0 amide bonds. The minimum absolute atomic E-state index is 0.165. The summed E-state index contributed by atoms with van der Waals surface area (Å²) in [6, 6.07) is 4.72. The van der Waals surface area contributed by atoms with Gasteiger partial charge >= 0.3 is 0 Å². The zero-order valence-corrected chi connectivity index (χ0v) is 16.1. The molecule has 0 saturated heterocycles. The number of halogens is 2. The van der Waals surface area contributed by atoms with Gasteiger partial charge < -0.3 is 5.32 Å². The van der Waals surface area contributed by atoms with E-state index < -0.39 is 15.8 Å². The van der Waals surface area contributed by atoms with Gasteiger partial charge in [0.2, 0.25) is 16.0 Å². The largest absolute Gasteiger partial charge is 0.322 e. The van der Waals surface area contributed by atoms with Crippen molar-refractivity contribution in [3.63, 3.8) is 0 Å². The number of pyridine rings is 1. The standard InChI is InChI=1S/C17H15ClFN5O2S/c1-9-3-10-6-20-17(23-15(10)16(18)21-9)22-14-5-12-8-24(27(2,25)26)7-11(12)4-13(14)19/h3-6H,7-8H2,1-2H3,(H,20,22,23). The Hall–Kier alpha value is -2.36. The van der Waals surface area contributed by atoms with E-state index in [0.29, 0.717) is 11.1 Å². The van der Waals surface area contributed by atoms with Gasteiger partial charge in [-0.2, -0.15) is 4.31 Å². The molecule has 0 radical (unpaired) electrons. The highest BCUT2D eigenvalue weighted by Gasteiger charge is 2.27. The van der Waals surface area contributed by atoms with Crippen LogP contribution in [0.15, 0.2) is 24.4 Å². The first-order chi connectivity index (χ1) is 12.7. The maximum atomic E-state index is 14.5. The van der Waals surface area contributed by atoms with Gasteiger partial charge in [-0.05, 0) is 36.2 Å². The third-order valence-electron chi connectivity index (χ3n) is 4.35. The van der Waals surface area contributed by atoms with Crippen LogP contribution in [-0.4, -0.2) is 33.9 Å². The average molecular weight is 408 g/mol. The minimum atomic E-state index is -3.34. The number of benzene rings is 1. The van der Waals surface area contributed by atoms with Crippen molar-refractivity contribution in [3.05, 3.63) is 52.2 Å². The van der Waals surface area contributed by atoms with Crippen LogP contribution < -0.4 is 5.32 Å². The molecule has 7 nitrogen and oxygen atoms in total. The number of nitrogens with zero attached hydrogens (tertiary/aromatic N) is 4. The number of fused-ring (bicyclic) bond motifs is 2. The lowest BCUT2D eigenvalue weighted by molar-refractivity contribution is 0.436. The topological polar surface area (TPSA) is 88.1 Å². The summed E-state index contributed by atoms with van der Waals surface area (Å²) in [4.78, 5) is 12.7. The fourth-order valence-electron chi connectivity index (χ4n) is 3.03. The summed E-state index contributed by atoms with van der Waals surface area (Å²) in [5.74, 6) is -0.340. The lowest BCUT2D eigenvalue weighted by Gasteiger charge is -2.10. The first-order valence-electron chi connectivity index (χ1n) is 8.04. The Labute approximate surface area is 160 Å². The van der Waals surface area contributed by atoms with Crippen molar-refractivity contribution >= 4 is 44.2 Å². The van der Waals surface area contributed by atoms with E-state index in [9.17, 15) is 12.8 Å². The summed E-state index contributed by atoms with van der Waals surface area (Å²) < 4.78 is 39.2. The fourth-order valence-corrected chi connectivity index (χ4v) is 4.06. The fraction of sp³-hybridized carbons (Fsp3) is 0.235. The van der Waals surface area contributed by atoms with Crippen LogP contribution >= 0.6 is 11.6 Å². The molecule has 1 N–H and O–H groups in total. The van der Waals surface area contributed by atoms with Crippen LogP contribution in [0.25, 0.3) is 10.9 Å². The highest BCUT2D eigenvalue weighted by Crippen LogP contribution is 2.31. The second-order valence-electron chi connectivity index (χ2n) is 6.44. The number of nitrogens with one attached hydrogen (secondary N) is 1. The van der Waals surface area contributed by atoms with E-state index in [1.807, 2.05) is 6.92 Å². The van der Waals surface area contributed by atoms with Crippen molar-refractivity contribution in [1.82, 2.24) is 19.3 Å². The van der Waals surface area contributed by atoms with Crippen molar-refractivity contribution in [3.8, 4) is 0 Å². The third-order valence-corrected chi connectivity index (χ3v) is 5.81. The molecule has 140 valence electrons. The summed E-state index contributed by atoms with van der Waals surface area (Å²) in [6.07, 6.45) is 2.72. The molecule has 10 heteroatoms. The van der Waals surface area contributed by atoms with Gasteiger partial charge in [0.1, 0.15) is 11.3 Å². The molecule has 4 rings (SSSR count). The molecule has 3 heterocycles. The molecule has 0 atom stereocenters. The molecule has 0 aliphatic carbocycles. The van der Waals surface area contributed by atoms with E-state index >= 15 is 0 Å². The van der Waals surface area contributed by atoms with Gasteiger partial charge in [-0.3, -0.25) is 0 Å². The molecule has 0 saturated carbocycles. The first-order valence-corrected chi connectivity index (χ1v) is 10.3. The lowest BCUT2D eigenvalue weighted by atomic mass is 10.1. The number of sulfonamides is 1. The van der Waals surface area contributed by atoms with Crippen molar-refractivity contribution < 1.29 is 12.8 Å². The van der Waals surface area contributed by atoms with Gasteiger partial charge in [0.25, 0.3) is 0 Å². The monoisotopic (exact) mass is 407 g/mol. The molecule has 2 aromatic heterocycles. The van der Waals surface area contributed by atoms with Gasteiger partial charge in [0, 0.05) is 30.4 Å². The molecule has 1 aliphatic heterocycles. The first kappa shape index (κ1) is 18.0. The number of aromatic nitrogens is 3. The van der Waals surface area contributed by atoms with E-state index in [0.717, 1.165) is 22.9 Å². The summed E-state index contributed by atoms with van der Waals surface area (Å²) in [7, 11) is -3.34. The Bertz CT molecular complexity index is 1190. The SMILES string of the molecule is Cc1cc2cnc(Nc3cc4c(cc3F)CN(S(C)(=O)=O)C4)nc2c(Cl)n1. The minimum Gasteiger partial charge on any atom is -0.322 e. The normalized spacial score (nSPS) is 14.5. The maximum Gasteiger partial charge on any atom is 0.227 e. The molecule has 0 fully saturated rings. The molecular formula is C17H15ClFN5O2S. The van der Waals surface area contributed by atoms with Crippen molar-refractivity contribution in [2.45, 2.75) is 20.0 Å². The Morgan fingerprint density at radius 1 is 1.19 bits per heavy atom. The van der Waals surface area contributed by atoms with Crippen molar-refractivity contribution in [1.29, 1.82) is 0 Å². The second-order valence-corrected chi connectivity index (χ2v) is 8.78. The molecule has 27 heavy (non-hydrogen) atoms. The lowest BCUT2D eigenvalue weighted by Crippen LogP contribution is -2.23. The second kappa shape index (κ2) is 6.36. The predicted molar refractivity (Wildman–Crippen MR) is 101 cm³/mol. The molecule has 1 aromatic carbocycles. The van der Waals surface area contributed by atoms with Crippen LogP contribution in [0.3, 0.4) is 0 Å². The van der Waals surface area contributed by atoms with Crippen molar-refractivity contribution in [2.24, 2.45) is 0 Å². The molecule has 0 spiro atoms. The van der Waals surface area contributed by atoms with Crippen LogP contribution in [0.4, 0.5) is 16.0 Å². The van der Waals surface area contributed by atoms with Crippen molar-refractivity contribution in [2.75, 3.05) is 11.6 Å². The molecular weight excluding hydrogens is 393 g/mol. The smallest absolute Gasteiger partial charge is 0.227 e. The number of hydrogen-bond acceptors (Lipinski definition) is 6.